The van der Waals surface area contributed by atoms with Crippen molar-refractivity contribution in [3.8, 4) is 0 Å². The maximum Gasteiger partial charge on any atom is 0.112 e. The number of rotatable bonds is 3. The second-order valence-corrected chi connectivity index (χ2v) is 5.39. The molecule has 0 bridgehead atoms. The highest BCUT2D eigenvalue weighted by atomic mass is 16.3. The van der Waals surface area contributed by atoms with Crippen molar-refractivity contribution in [2.45, 2.75) is 39.5 Å². The van der Waals surface area contributed by atoms with E-state index in [1.807, 2.05) is 12.2 Å². The van der Waals surface area contributed by atoms with Gasteiger partial charge in [-0.25, -0.2) is 0 Å². The van der Waals surface area contributed by atoms with Gasteiger partial charge in [0, 0.05) is 5.92 Å². The third kappa shape index (κ3) is 2.22. The molecule has 96 valence electrons. The van der Waals surface area contributed by atoms with Crippen molar-refractivity contribution in [1.29, 1.82) is 0 Å². The van der Waals surface area contributed by atoms with Gasteiger partial charge >= 0.3 is 0 Å². The number of allylic oxidation sites excluding steroid dienone is 2. The molecular weight excluding hydrogens is 220 g/mol. The monoisotopic (exact) mass is 242 g/mol. The Morgan fingerprint density at radius 3 is 2.44 bits per heavy atom. The zero-order chi connectivity index (χ0) is 13.2. The van der Waals surface area contributed by atoms with E-state index in [0.717, 1.165) is 12.8 Å². The Morgan fingerprint density at radius 1 is 1.11 bits per heavy atom. The van der Waals surface area contributed by atoms with E-state index < -0.39 is 0 Å². The molecule has 0 heterocycles. The van der Waals surface area contributed by atoms with E-state index in [4.69, 9.17) is 0 Å². The Hall–Kier alpha value is -1.50. The lowest BCUT2D eigenvalue weighted by atomic mass is 9.69. The maximum atomic E-state index is 9.96. The number of hydrogen-bond donors (Lipinski definition) is 1. The van der Waals surface area contributed by atoms with Gasteiger partial charge in [0.05, 0.1) is 0 Å². The van der Waals surface area contributed by atoms with Crippen LogP contribution in [0.5, 0.6) is 0 Å². The molecule has 1 N–H and O–H groups in total. The second kappa shape index (κ2) is 5.01. The number of fused-ring (bicyclic) bond motifs is 1. The third-order valence-electron chi connectivity index (χ3n) is 4.47. The summed E-state index contributed by atoms with van der Waals surface area (Å²) in [7, 11) is 0. The van der Waals surface area contributed by atoms with Crippen molar-refractivity contribution in [2.24, 2.45) is 5.41 Å². The average molecular weight is 242 g/mol. The summed E-state index contributed by atoms with van der Waals surface area (Å²) in [4.78, 5) is 0. The predicted octanol–water partition coefficient (Wildman–Crippen LogP) is 5.07. The quantitative estimate of drug-likeness (QED) is 0.785. The lowest BCUT2D eigenvalue weighted by Crippen LogP contribution is -2.23. The van der Waals surface area contributed by atoms with Crippen molar-refractivity contribution in [1.82, 2.24) is 0 Å². The summed E-state index contributed by atoms with van der Waals surface area (Å²) in [5, 5.41) is 9.96. The Bertz CT molecular complexity index is 478. The Kier molecular flexibility index (Phi) is 3.60. The van der Waals surface area contributed by atoms with Gasteiger partial charge in [0.25, 0.3) is 0 Å². The van der Waals surface area contributed by atoms with Crippen LogP contribution in [0.2, 0.25) is 0 Å². The second-order valence-electron chi connectivity index (χ2n) is 5.39. The van der Waals surface area contributed by atoms with Gasteiger partial charge in [-0.2, -0.15) is 0 Å². The van der Waals surface area contributed by atoms with E-state index in [9.17, 15) is 5.11 Å². The van der Waals surface area contributed by atoms with Crippen molar-refractivity contribution in [2.75, 3.05) is 0 Å². The summed E-state index contributed by atoms with van der Waals surface area (Å²) in [6.07, 6.45) is 8.02. The topological polar surface area (TPSA) is 20.2 Å². The largest absolute Gasteiger partial charge is 0.508 e. The summed E-state index contributed by atoms with van der Waals surface area (Å²) >= 11 is 0. The molecule has 0 saturated carbocycles. The first-order valence-electron chi connectivity index (χ1n) is 6.78. The standard InChI is InChI=1S/C17H22O/c1-4-17(3,5-2)16-12-14(18)11-10-13-8-6-7-9-15(13)16/h6-12,16,18H,4-5H2,1-3H3. The lowest BCUT2D eigenvalue weighted by Gasteiger charge is -2.35. The highest BCUT2D eigenvalue weighted by molar-refractivity contribution is 5.60. The number of hydrogen-bond acceptors (Lipinski definition) is 1. The third-order valence-corrected chi connectivity index (χ3v) is 4.47. The fourth-order valence-electron chi connectivity index (χ4n) is 2.70. The van der Waals surface area contributed by atoms with E-state index in [0.29, 0.717) is 5.76 Å². The van der Waals surface area contributed by atoms with Gasteiger partial charge in [0.2, 0.25) is 0 Å². The smallest absolute Gasteiger partial charge is 0.112 e. The molecule has 0 aliphatic heterocycles. The summed E-state index contributed by atoms with van der Waals surface area (Å²) in [5.74, 6) is 0.656. The minimum Gasteiger partial charge on any atom is -0.508 e. The van der Waals surface area contributed by atoms with E-state index in [1.165, 1.54) is 11.1 Å². The molecule has 1 aliphatic carbocycles. The molecule has 0 fully saturated rings. The van der Waals surface area contributed by atoms with Crippen LogP contribution in [0.4, 0.5) is 0 Å². The fourth-order valence-corrected chi connectivity index (χ4v) is 2.70. The zero-order valence-corrected chi connectivity index (χ0v) is 11.5. The van der Waals surface area contributed by atoms with Crippen LogP contribution in [-0.4, -0.2) is 5.11 Å². The molecule has 18 heavy (non-hydrogen) atoms. The lowest BCUT2D eigenvalue weighted by molar-refractivity contribution is 0.258. The first-order valence-corrected chi connectivity index (χ1v) is 6.78. The van der Waals surface area contributed by atoms with E-state index in [1.54, 1.807) is 6.08 Å². The minimum absolute atomic E-state index is 0.191. The Morgan fingerprint density at radius 2 is 1.78 bits per heavy atom. The van der Waals surface area contributed by atoms with Crippen molar-refractivity contribution in [3.05, 3.63) is 53.3 Å². The van der Waals surface area contributed by atoms with Gasteiger partial charge in [-0.3, -0.25) is 0 Å². The SMILES string of the molecule is CCC(C)(CC)C1C=C(O)C=Cc2ccccc21. The van der Waals surface area contributed by atoms with Gasteiger partial charge in [0.15, 0.2) is 0 Å². The molecule has 0 radical (unpaired) electrons. The first-order chi connectivity index (χ1) is 8.60. The van der Waals surface area contributed by atoms with Crippen LogP contribution in [0, 0.1) is 5.41 Å². The van der Waals surface area contributed by atoms with Crippen LogP contribution in [0.3, 0.4) is 0 Å². The molecule has 0 saturated heterocycles. The molecule has 1 aromatic carbocycles. The predicted molar refractivity (Wildman–Crippen MR) is 77.6 cm³/mol. The average Bonchev–Trinajstić information content (AvgIpc) is 2.58. The van der Waals surface area contributed by atoms with Crippen LogP contribution in [0.1, 0.15) is 50.7 Å². The summed E-state index contributed by atoms with van der Waals surface area (Å²) in [6, 6.07) is 8.44. The number of aliphatic hydroxyl groups is 1. The van der Waals surface area contributed by atoms with Gasteiger partial charge in [-0.15, -0.1) is 0 Å². The maximum absolute atomic E-state index is 9.96. The van der Waals surface area contributed by atoms with Crippen molar-refractivity contribution >= 4 is 6.08 Å². The molecule has 1 unspecified atom stereocenters. The van der Waals surface area contributed by atoms with Gasteiger partial charge in [0.1, 0.15) is 5.76 Å². The number of aliphatic hydroxyl groups excluding tert-OH is 1. The fraction of sp³-hybridized carbons (Fsp3) is 0.412. The van der Waals surface area contributed by atoms with Gasteiger partial charge < -0.3 is 5.11 Å². The molecule has 0 spiro atoms. The molecule has 0 aromatic heterocycles. The van der Waals surface area contributed by atoms with Crippen LogP contribution < -0.4 is 0 Å². The molecule has 1 atom stereocenters. The molecule has 2 rings (SSSR count). The normalized spacial score (nSPS) is 19.1. The van der Waals surface area contributed by atoms with Crippen LogP contribution in [0.15, 0.2) is 42.2 Å². The highest BCUT2D eigenvalue weighted by Crippen LogP contribution is 2.45. The first kappa shape index (κ1) is 12.9. The van der Waals surface area contributed by atoms with Crippen LogP contribution in [-0.2, 0) is 0 Å². The molecule has 0 amide bonds. The van der Waals surface area contributed by atoms with Crippen LogP contribution >= 0.6 is 0 Å². The molecular formula is C17H22O. The Balaban J connectivity index is 2.56. The van der Waals surface area contributed by atoms with Crippen LogP contribution in [0.25, 0.3) is 6.08 Å². The summed E-state index contributed by atoms with van der Waals surface area (Å²) in [6.45, 7) is 6.77. The van der Waals surface area contributed by atoms with E-state index in [-0.39, 0.29) is 11.3 Å². The van der Waals surface area contributed by atoms with Gasteiger partial charge in [-0.05, 0) is 41.5 Å². The van der Waals surface area contributed by atoms with Gasteiger partial charge in [-0.1, -0.05) is 51.1 Å². The minimum atomic E-state index is 0.191. The Labute approximate surface area is 110 Å². The summed E-state index contributed by atoms with van der Waals surface area (Å²) < 4.78 is 0. The van der Waals surface area contributed by atoms with Crippen molar-refractivity contribution < 1.29 is 5.11 Å². The zero-order valence-electron chi connectivity index (χ0n) is 11.5. The number of benzene rings is 1. The molecule has 1 nitrogen and oxygen atoms in total. The molecule has 1 aliphatic rings. The molecule has 1 heteroatoms. The summed E-state index contributed by atoms with van der Waals surface area (Å²) in [5.41, 5.74) is 2.73. The van der Waals surface area contributed by atoms with E-state index in [2.05, 4.69) is 45.0 Å². The highest BCUT2D eigenvalue weighted by Gasteiger charge is 2.32. The van der Waals surface area contributed by atoms with E-state index >= 15 is 0 Å². The molecule has 1 aromatic rings. The van der Waals surface area contributed by atoms with Crippen molar-refractivity contribution in [3.63, 3.8) is 0 Å².